The van der Waals surface area contributed by atoms with E-state index in [-0.39, 0.29) is 30.5 Å². The highest BCUT2D eigenvalue weighted by Gasteiger charge is 2.09. The lowest BCUT2D eigenvalue weighted by Gasteiger charge is -2.06. The molecule has 0 aromatic heterocycles. The minimum Gasteiger partial charge on any atom is -0.507 e. The van der Waals surface area contributed by atoms with Gasteiger partial charge in [0.1, 0.15) is 5.75 Å². The predicted molar refractivity (Wildman–Crippen MR) is 92.2 cm³/mol. The van der Waals surface area contributed by atoms with Crippen molar-refractivity contribution in [3.63, 3.8) is 0 Å². The molecule has 7 heteroatoms. The van der Waals surface area contributed by atoms with E-state index in [4.69, 9.17) is 11.6 Å². The van der Waals surface area contributed by atoms with E-state index in [0.717, 1.165) is 0 Å². The zero-order valence-corrected chi connectivity index (χ0v) is 13.5. The van der Waals surface area contributed by atoms with Gasteiger partial charge >= 0.3 is 0 Å². The van der Waals surface area contributed by atoms with Gasteiger partial charge in [0.2, 0.25) is 5.91 Å². The number of hydrogen-bond donors (Lipinski definition) is 3. The molecule has 2 aromatic rings. The Balaban J connectivity index is 1.75. The predicted octanol–water partition coefficient (Wildman–Crippen LogP) is 2.32. The summed E-state index contributed by atoms with van der Waals surface area (Å²) >= 11 is 5.92. The Labute approximate surface area is 144 Å². The monoisotopic (exact) mass is 345 g/mol. The number of halogens is 1. The number of para-hydroxylation sites is 1. The van der Waals surface area contributed by atoms with Crippen molar-refractivity contribution < 1.29 is 14.7 Å². The molecular weight excluding hydrogens is 330 g/mol. The topological polar surface area (TPSA) is 90.8 Å². The molecule has 0 spiro atoms. The summed E-state index contributed by atoms with van der Waals surface area (Å²) in [7, 11) is 0. The third-order valence-corrected chi connectivity index (χ3v) is 3.42. The highest BCUT2D eigenvalue weighted by atomic mass is 35.5. The normalized spacial score (nSPS) is 10.5. The van der Waals surface area contributed by atoms with E-state index in [2.05, 4.69) is 15.8 Å². The van der Waals surface area contributed by atoms with Crippen molar-refractivity contribution in [3.05, 3.63) is 64.7 Å². The summed E-state index contributed by atoms with van der Waals surface area (Å²) in [6.07, 6.45) is 1.41. The van der Waals surface area contributed by atoms with E-state index < -0.39 is 0 Å². The minimum absolute atomic E-state index is 0.0638. The third-order valence-electron chi connectivity index (χ3n) is 3.09. The SMILES string of the molecule is O=C(CCNC(=O)c1ccccc1Cl)NN=Cc1ccccc1O. The van der Waals surface area contributed by atoms with Crippen molar-refractivity contribution >= 4 is 29.6 Å². The van der Waals surface area contributed by atoms with Crippen molar-refractivity contribution in [2.45, 2.75) is 6.42 Å². The molecule has 0 bridgehead atoms. The molecule has 3 N–H and O–H groups in total. The van der Waals surface area contributed by atoms with Gasteiger partial charge in [-0.1, -0.05) is 35.9 Å². The van der Waals surface area contributed by atoms with Crippen molar-refractivity contribution in [2.75, 3.05) is 6.54 Å². The van der Waals surface area contributed by atoms with Crippen LogP contribution in [0.15, 0.2) is 53.6 Å². The number of hydrogen-bond acceptors (Lipinski definition) is 4. The molecule has 0 aliphatic carbocycles. The molecule has 0 fully saturated rings. The van der Waals surface area contributed by atoms with Gasteiger partial charge in [0.15, 0.2) is 0 Å². The Morgan fingerprint density at radius 3 is 2.58 bits per heavy atom. The van der Waals surface area contributed by atoms with Gasteiger partial charge in [0.05, 0.1) is 16.8 Å². The van der Waals surface area contributed by atoms with Gasteiger partial charge in [0, 0.05) is 18.5 Å². The molecule has 2 aromatic carbocycles. The Hall–Kier alpha value is -2.86. The summed E-state index contributed by atoms with van der Waals surface area (Å²) in [5.41, 5.74) is 3.17. The molecule has 0 aliphatic rings. The number of carbonyl (C=O) groups excluding carboxylic acids is 2. The molecule has 0 saturated heterocycles. The van der Waals surface area contributed by atoms with E-state index >= 15 is 0 Å². The van der Waals surface area contributed by atoms with Gasteiger partial charge in [-0.3, -0.25) is 9.59 Å². The van der Waals surface area contributed by atoms with E-state index in [9.17, 15) is 14.7 Å². The van der Waals surface area contributed by atoms with E-state index in [1.165, 1.54) is 12.3 Å². The first-order valence-electron chi connectivity index (χ1n) is 7.20. The zero-order chi connectivity index (χ0) is 17.4. The second kappa shape index (κ2) is 8.69. The van der Waals surface area contributed by atoms with Crippen LogP contribution in [-0.4, -0.2) is 29.7 Å². The summed E-state index contributed by atoms with van der Waals surface area (Å²) in [4.78, 5) is 23.5. The van der Waals surface area contributed by atoms with E-state index in [1.54, 1.807) is 42.5 Å². The maximum absolute atomic E-state index is 11.9. The maximum Gasteiger partial charge on any atom is 0.252 e. The number of nitrogens with zero attached hydrogens (tertiary/aromatic N) is 1. The lowest BCUT2D eigenvalue weighted by molar-refractivity contribution is -0.120. The van der Waals surface area contributed by atoms with Crippen LogP contribution in [0.4, 0.5) is 0 Å². The van der Waals surface area contributed by atoms with Gasteiger partial charge in [-0.15, -0.1) is 0 Å². The van der Waals surface area contributed by atoms with E-state index in [0.29, 0.717) is 16.1 Å². The standard InChI is InChI=1S/C17H16ClN3O3/c18-14-7-3-2-6-13(14)17(24)19-10-9-16(23)21-20-11-12-5-1-4-8-15(12)22/h1-8,11,22H,9-10H2,(H,19,24)(H,21,23). The van der Waals surface area contributed by atoms with Crippen LogP contribution < -0.4 is 10.7 Å². The number of rotatable bonds is 6. The first-order chi connectivity index (χ1) is 11.6. The average molecular weight is 346 g/mol. The van der Waals surface area contributed by atoms with Crippen molar-refractivity contribution in [1.29, 1.82) is 0 Å². The van der Waals surface area contributed by atoms with Crippen LogP contribution in [0.5, 0.6) is 5.75 Å². The second-order valence-electron chi connectivity index (χ2n) is 4.84. The van der Waals surface area contributed by atoms with Crippen molar-refractivity contribution in [2.24, 2.45) is 5.10 Å². The molecule has 0 aliphatic heterocycles. The van der Waals surface area contributed by atoms with Crippen LogP contribution in [0.1, 0.15) is 22.3 Å². The molecule has 6 nitrogen and oxygen atoms in total. The summed E-state index contributed by atoms with van der Waals surface area (Å²) in [5, 5.41) is 16.3. The first-order valence-corrected chi connectivity index (χ1v) is 7.58. The molecule has 24 heavy (non-hydrogen) atoms. The first kappa shape index (κ1) is 17.5. The summed E-state index contributed by atoms with van der Waals surface area (Å²) in [6, 6.07) is 13.3. The summed E-state index contributed by atoms with van der Waals surface area (Å²) < 4.78 is 0. The third kappa shape index (κ3) is 5.10. The number of nitrogens with one attached hydrogen (secondary N) is 2. The number of amides is 2. The lowest BCUT2D eigenvalue weighted by atomic mass is 10.2. The molecule has 0 atom stereocenters. The Bertz CT molecular complexity index is 762. The molecule has 0 unspecified atom stereocenters. The van der Waals surface area contributed by atoms with Gasteiger partial charge in [-0.05, 0) is 24.3 Å². The Morgan fingerprint density at radius 1 is 1.12 bits per heavy atom. The fourth-order valence-corrected chi connectivity index (χ4v) is 2.08. The van der Waals surface area contributed by atoms with Crippen molar-refractivity contribution in [1.82, 2.24) is 10.7 Å². The Morgan fingerprint density at radius 2 is 1.83 bits per heavy atom. The number of benzene rings is 2. The van der Waals surface area contributed by atoms with Gasteiger partial charge in [-0.2, -0.15) is 5.10 Å². The van der Waals surface area contributed by atoms with Gasteiger partial charge in [0.25, 0.3) is 5.91 Å². The van der Waals surface area contributed by atoms with Crippen LogP contribution in [0.3, 0.4) is 0 Å². The summed E-state index contributed by atoms with van der Waals surface area (Å²) in [5.74, 6) is -0.630. The van der Waals surface area contributed by atoms with Crippen LogP contribution in [-0.2, 0) is 4.79 Å². The molecule has 0 radical (unpaired) electrons. The molecule has 0 heterocycles. The fraction of sp³-hybridized carbons (Fsp3) is 0.118. The minimum atomic E-state index is -0.360. The molecule has 0 saturated carbocycles. The van der Waals surface area contributed by atoms with Crippen LogP contribution in [0, 0.1) is 0 Å². The van der Waals surface area contributed by atoms with Gasteiger partial charge in [-0.25, -0.2) is 5.43 Å². The quantitative estimate of drug-likeness (QED) is 0.554. The largest absolute Gasteiger partial charge is 0.507 e. The molecule has 2 rings (SSSR count). The maximum atomic E-state index is 11.9. The van der Waals surface area contributed by atoms with Crippen LogP contribution in [0.2, 0.25) is 5.02 Å². The van der Waals surface area contributed by atoms with Crippen molar-refractivity contribution in [3.8, 4) is 5.75 Å². The highest BCUT2D eigenvalue weighted by molar-refractivity contribution is 6.33. The smallest absolute Gasteiger partial charge is 0.252 e. The number of phenolic OH excluding ortho intramolecular Hbond substituents is 1. The second-order valence-corrected chi connectivity index (χ2v) is 5.24. The van der Waals surface area contributed by atoms with Crippen LogP contribution in [0.25, 0.3) is 0 Å². The average Bonchev–Trinajstić information content (AvgIpc) is 2.57. The van der Waals surface area contributed by atoms with Crippen LogP contribution >= 0.6 is 11.6 Å². The number of phenols is 1. The number of aromatic hydroxyl groups is 1. The number of carbonyl (C=O) groups is 2. The van der Waals surface area contributed by atoms with E-state index in [1.807, 2.05) is 0 Å². The highest BCUT2D eigenvalue weighted by Crippen LogP contribution is 2.14. The Kier molecular flexibility index (Phi) is 6.33. The number of hydrazone groups is 1. The van der Waals surface area contributed by atoms with Gasteiger partial charge < -0.3 is 10.4 Å². The summed E-state index contributed by atoms with van der Waals surface area (Å²) in [6.45, 7) is 0.155. The lowest BCUT2D eigenvalue weighted by Crippen LogP contribution is -2.29. The zero-order valence-electron chi connectivity index (χ0n) is 12.7. The molecule has 124 valence electrons. The molecular formula is C17H16ClN3O3. The molecule has 2 amide bonds. The fourth-order valence-electron chi connectivity index (χ4n) is 1.86.